The van der Waals surface area contributed by atoms with E-state index >= 15 is 0 Å². The Morgan fingerprint density at radius 3 is 2.94 bits per heavy atom. The molecule has 0 amide bonds. The molecule has 0 spiro atoms. The van der Waals surface area contributed by atoms with Crippen LogP contribution in [0, 0.1) is 0 Å². The number of ether oxygens (including phenoxy) is 1. The molecule has 0 aromatic carbocycles. The van der Waals surface area contributed by atoms with E-state index in [2.05, 4.69) is 10.2 Å². The van der Waals surface area contributed by atoms with E-state index in [0.717, 1.165) is 25.9 Å². The summed E-state index contributed by atoms with van der Waals surface area (Å²) in [7, 11) is 0. The van der Waals surface area contributed by atoms with Gasteiger partial charge in [-0.25, -0.2) is 0 Å². The standard InChI is InChI=1S/C12H18N2O4/c1-12(7-4-8-17-12)11-14-13-9(18-11)5-2-3-6-10(15)16/h2-8H2,1H3,(H,15,16). The first-order valence-electron chi connectivity index (χ1n) is 6.29. The van der Waals surface area contributed by atoms with Crippen molar-refractivity contribution in [1.29, 1.82) is 0 Å². The second-order valence-corrected chi connectivity index (χ2v) is 4.78. The van der Waals surface area contributed by atoms with Crippen molar-refractivity contribution >= 4 is 5.97 Å². The molecule has 100 valence electrons. The predicted octanol–water partition coefficient (Wildman–Crippen LogP) is 1.89. The molecule has 1 N–H and O–H groups in total. The number of rotatable bonds is 6. The van der Waals surface area contributed by atoms with Crippen molar-refractivity contribution in [3.63, 3.8) is 0 Å². The van der Waals surface area contributed by atoms with Crippen LogP contribution >= 0.6 is 0 Å². The molecule has 0 bridgehead atoms. The Labute approximate surface area is 105 Å². The van der Waals surface area contributed by atoms with E-state index in [-0.39, 0.29) is 6.42 Å². The van der Waals surface area contributed by atoms with Gasteiger partial charge in [0.25, 0.3) is 0 Å². The highest BCUT2D eigenvalue weighted by Crippen LogP contribution is 2.34. The lowest BCUT2D eigenvalue weighted by Crippen LogP contribution is -2.20. The number of nitrogens with zero attached hydrogens (tertiary/aromatic N) is 2. The fraction of sp³-hybridized carbons (Fsp3) is 0.750. The Kier molecular flexibility index (Phi) is 3.96. The molecule has 1 aromatic rings. The highest BCUT2D eigenvalue weighted by molar-refractivity contribution is 5.66. The second kappa shape index (κ2) is 5.48. The normalized spacial score (nSPS) is 23.4. The Morgan fingerprint density at radius 1 is 1.44 bits per heavy atom. The zero-order valence-electron chi connectivity index (χ0n) is 10.5. The Hall–Kier alpha value is -1.43. The first kappa shape index (κ1) is 13.0. The average molecular weight is 254 g/mol. The van der Waals surface area contributed by atoms with Crippen LogP contribution < -0.4 is 0 Å². The highest BCUT2D eigenvalue weighted by Gasteiger charge is 2.37. The van der Waals surface area contributed by atoms with Gasteiger partial charge >= 0.3 is 5.97 Å². The van der Waals surface area contributed by atoms with Crippen LogP contribution in [0.3, 0.4) is 0 Å². The van der Waals surface area contributed by atoms with Crippen LogP contribution in [0.5, 0.6) is 0 Å². The van der Waals surface area contributed by atoms with Crippen molar-refractivity contribution < 1.29 is 19.1 Å². The third-order valence-electron chi connectivity index (χ3n) is 3.17. The molecular formula is C12H18N2O4. The summed E-state index contributed by atoms with van der Waals surface area (Å²) in [6.45, 7) is 2.69. The molecular weight excluding hydrogens is 236 g/mol. The number of unbranched alkanes of at least 4 members (excludes halogenated alkanes) is 1. The van der Waals surface area contributed by atoms with Gasteiger partial charge in [-0.05, 0) is 32.6 Å². The van der Waals surface area contributed by atoms with Gasteiger partial charge in [0, 0.05) is 19.4 Å². The average Bonchev–Trinajstić information content (AvgIpc) is 2.94. The second-order valence-electron chi connectivity index (χ2n) is 4.78. The van der Waals surface area contributed by atoms with E-state index in [1.807, 2.05) is 6.92 Å². The molecule has 6 heteroatoms. The Morgan fingerprint density at radius 2 is 2.28 bits per heavy atom. The lowest BCUT2D eigenvalue weighted by Gasteiger charge is -2.17. The molecule has 0 saturated carbocycles. The van der Waals surface area contributed by atoms with Gasteiger partial charge < -0.3 is 14.3 Å². The van der Waals surface area contributed by atoms with Crippen molar-refractivity contribution in [3.05, 3.63) is 11.8 Å². The van der Waals surface area contributed by atoms with Gasteiger partial charge in [-0.3, -0.25) is 4.79 Å². The van der Waals surface area contributed by atoms with Crippen LogP contribution in [0.1, 0.15) is 50.8 Å². The maximum atomic E-state index is 10.4. The van der Waals surface area contributed by atoms with Crippen molar-refractivity contribution in [2.75, 3.05) is 6.61 Å². The van der Waals surface area contributed by atoms with Gasteiger partial charge in [0.2, 0.25) is 11.8 Å². The van der Waals surface area contributed by atoms with Crippen LogP contribution in [0.4, 0.5) is 0 Å². The molecule has 2 rings (SSSR count). The van der Waals surface area contributed by atoms with Crippen LogP contribution in [0.15, 0.2) is 4.42 Å². The summed E-state index contributed by atoms with van der Waals surface area (Å²) in [5.41, 5.74) is -0.438. The lowest BCUT2D eigenvalue weighted by molar-refractivity contribution is -0.137. The molecule has 1 aliphatic rings. The lowest BCUT2D eigenvalue weighted by atomic mass is 10.0. The molecule has 18 heavy (non-hydrogen) atoms. The molecule has 6 nitrogen and oxygen atoms in total. The predicted molar refractivity (Wildman–Crippen MR) is 62.0 cm³/mol. The minimum Gasteiger partial charge on any atom is -0.481 e. The summed E-state index contributed by atoms with van der Waals surface area (Å²) in [4.78, 5) is 10.4. The number of aromatic nitrogens is 2. The van der Waals surface area contributed by atoms with E-state index in [1.165, 1.54) is 0 Å². The first-order chi connectivity index (χ1) is 8.60. The van der Waals surface area contributed by atoms with E-state index in [1.54, 1.807) is 0 Å². The third-order valence-corrected chi connectivity index (χ3v) is 3.17. The molecule has 2 heterocycles. The maximum absolute atomic E-state index is 10.4. The molecule has 1 saturated heterocycles. The largest absolute Gasteiger partial charge is 0.481 e. The molecule has 0 aliphatic carbocycles. The van der Waals surface area contributed by atoms with E-state index in [4.69, 9.17) is 14.3 Å². The third kappa shape index (κ3) is 3.07. The molecule has 1 aliphatic heterocycles. The fourth-order valence-corrected chi connectivity index (χ4v) is 2.07. The van der Waals surface area contributed by atoms with Gasteiger partial charge in [-0.2, -0.15) is 0 Å². The smallest absolute Gasteiger partial charge is 0.303 e. The minimum atomic E-state index is -0.770. The summed E-state index contributed by atoms with van der Waals surface area (Å²) in [6, 6.07) is 0. The fourth-order valence-electron chi connectivity index (χ4n) is 2.07. The first-order valence-corrected chi connectivity index (χ1v) is 6.29. The van der Waals surface area contributed by atoms with Gasteiger partial charge in [0.15, 0.2) is 0 Å². The number of carboxylic acid groups (broad SMARTS) is 1. The number of aliphatic carboxylic acids is 1. The van der Waals surface area contributed by atoms with Gasteiger partial charge in [-0.1, -0.05) is 0 Å². The molecule has 1 unspecified atom stereocenters. The summed E-state index contributed by atoms with van der Waals surface area (Å²) in [5, 5.41) is 16.5. The SMILES string of the molecule is CC1(c2nnc(CCCCC(=O)O)o2)CCCO1. The monoisotopic (exact) mass is 254 g/mol. The van der Waals surface area contributed by atoms with Gasteiger partial charge in [0.05, 0.1) is 0 Å². The Bertz CT molecular complexity index is 410. The van der Waals surface area contributed by atoms with Crippen LogP contribution in [0.25, 0.3) is 0 Å². The summed E-state index contributed by atoms with van der Waals surface area (Å²) in [5.74, 6) is 0.327. The number of aryl methyl sites for hydroxylation is 1. The van der Waals surface area contributed by atoms with Gasteiger partial charge in [0.1, 0.15) is 5.60 Å². The maximum Gasteiger partial charge on any atom is 0.303 e. The summed E-state index contributed by atoms with van der Waals surface area (Å²) in [6.07, 6.45) is 4.07. The zero-order chi connectivity index (χ0) is 13.0. The van der Waals surface area contributed by atoms with E-state index < -0.39 is 11.6 Å². The topological polar surface area (TPSA) is 85.5 Å². The number of carbonyl (C=O) groups is 1. The minimum absolute atomic E-state index is 0.182. The quantitative estimate of drug-likeness (QED) is 0.780. The van der Waals surface area contributed by atoms with Crippen molar-refractivity contribution in [2.24, 2.45) is 0 Å². The number of hydrogen-bond acceptors (Lipinski definition) is 5. The van der Waals surface area contributed by atoms with Crippen LogP contribution in [-0.4, -0.2) is 27.9 Å². The Balaban J connectivity index is 1.84. The summed E-state index contributed by atoms with van der Waals surface area (Å²) >= 11 is 0. The van der Waals surface area contributed by atoms with Crippen molar-refractivity contribution in [1.82, 2.24) is 10.2 Å². The highest BCUT2D eigenvalue weighted by atomic mass is 16.5. The van der Waals surface area contributed by atoms with Crippen LogP contribution in [0.2, 0.25) is 0 Å². The van der Waals surface area contributed by atoms with Crippen LogP contribution in [-0.2, 0) is 21.6 Å². The molecule has 1 fully saturated rings. The van der Waals surface area contributed by atoms with E-state index in [0.29, 0.717) is 24.6 Å². The van der Waals surface area contributed by atoms with E-state index in [9.17, 15) is 4.79 Å². The molecule has 0 radical (unpaired) electrons. The number of hydrogen-bond donors (Lipinski definition) is 1. The van der Waals surface area contributed by atoms with Gasteiger partial charge in [-0.15, -0.1) is 10.2 Å². The van der Waals surface area contributed by atoms with Crippen molar-refractivity contribution in [2.45, 2.75) is 51.0 Å². The molecule has 1 atom stereocenters. The van der Waals surface area contributed by atoms with Crippen molar-refractivity contribution in [3.8, 4) is 0 Å². The summed E-state index contributed by atoms with van der Waals surface area (Å²) < 4.78 is 11.2. The number of carboxylic acids is 1. The molecule has 1 aromatic heterocycles. The zero-order valence-corrected chi connectivity index (χ0v) is 10.5.